The summed E-state index contributed by atoms with van der Waals surface area (Å²) >= 11 is 0. The van der Waals surface area contributed by atoms with E-state index in [2.05, 4.69) is 0 Å². The van der Waals surface area contributed by atoms with Gasteiger partial charge in [-0.05, 0) is 42.0 Å². The predicted octanol–water partition coefficient (Wildman–Crippen LogP) is 4.56. The Morgan fingerprint density at radius 1 is 0.781 bits per heavy atom. The molecule has 162 valence electrons. The lowest BCUT2D eigenvalue weighted by Crippen LogP contribution is -2.05. The number of benzene rings is 3. The molecule has 0 fully saturated rings. The summed E-state index contributed by atoms with van der Waals surface area (Å²) in [5.41, 5.74) is -0.532. The van der Waals surface area contributed by atoms with Gasteiger partial charge in [0.05, 0.1) is 26.4 Å². The molecule has 0 heterocycles. The SMILES string of the molecule is O=C(OCc1ccc([N+](=O)[O-])cc1)c1cccc(Oc2ccc([N+](=O)[O-])cc2[N+](=O)[O-])c1. The summed E-state index contributed by atoms with van der Waals surface area (Å²) in [7, 11) is 0. The van der Waals surface area contributed by atoms with Crippen molar-refractivity contribution in [3.05, 3.63) is 108 Å². The minimum atomic E-state index is -0.815. The Morgan fingerprint density at radius 2 is 1.44 bits per heavy atom. The van der Waals surface area contributed by atoms with E-state index in [0.717, 1.165) is 18.2 Å². The molecule has 0 saturated heterocycles. The van der Waals surface area contributed by atoms with Crippen LogP contribution >= 0.6 is 0 Å². The second-order valence-corrected chi connectivity index (χ2v) is 6.30. The number of carbonyl (C=O) groups excluding carboxylic acids is 1. The smallest absolute Gasteiger partial charge is 0.338 e. The van der Waals surface area contributed by atoms with Gasteiger partial charge in [-0.1, -0.05) is 6.07 Å². The molecule has 32 heavy (non-hydrogen) atoms. The zero-order chi connectivity index (χ0) is 23.3. The van der Waals surface area contributed by atoms with Gasteiger partial charge in [0.25, 0.3) is 11.4 Å². The van der Waals surface area contributed by atoms with Crippen molar-refractivity contribution in [2.75, 3.05) is 0 Å². The van der Waals surface area contributed by atoms with E-state index < -0.39 is 32.1 Å². The average molecular weight is 439 g/mol. The molecule has 3 aromatic rings. The first-order chi connectivity index (χ1) is 15.2. The Labute approximate surface area is 179 Å². The molecule has 0 saturated carbocycles. The average Bonchev–Trinajstić information content (AvgIpc) is 2.77. The van der Waals surface area contributed by atoms with Gasteiger partial charge in [-0.2, -0.15) is 0 Å². The fourth-order valence-electron chi connectivity index (χ4n) is 2.61. The van der Waals surface area contributed by atoms with E-state index in [9.17, 15) is 35.1 Å². The largest absolute Gasteiger partial charge is 0.457 e. The Balaban J connectivity index is 1.72. The van der Waals surface area contributed by atoms with Crippen molar-refractivity contribution in [3.8, 4) is 11.5 Å². The third-order valence-electron chi connectivity index (χ3n) is 4.16. The van der Waals surface area contributed by atoms with Gasteiger partial charge in [-0.15, -0.1) is 0 Å². The molecule has 0 aromatic heterocycles. The molecular weight excluding hydrogens is 426 g/mol. The summed E-state index contributed by atoms with van der Waals surface area (Å²) in [6.07, 6.45) is 0. The summed E-state index contributed by atoms with van der Waals surface area (Å²) in [5.74, 6) is -0.879. The maximum Gasteiger partial charge on any atom is 0.338 e. The minimum absolute atomic E-state index is 0.0757. The molecule has 0 N–H and O–H groups in total. The molecule has 12 heteroatoms. The Bertz CT molecular complexity index is 1210. The monoisotopic (exact) mass is 439 g/mol. The summed E-state index contributed by atoms with van der Waals surface area (Å²) in [4.78, 5) is 42.9. The number of hydrogen-bond acceptors (Lipinski definition) is 9. The van der Waals surface area contributed by atoms with E-state index in [1.54, 1.807) is 0 Å². The van der Waals surface area contributed by atoms with E-state index in [4.69, 9.17) is 9.47 Å². The fraction of sp³-hybridized carbons (Fsp3) is 0.0500. The van der Waals surface area contributed by atoms with Gasteiger partial charge >= 0.3 is 11.7 Å². The highest BCUT2D eigenvalue weighted by atomic mass is 16.6. The van der Waals surface area contributed by atoms with E-state index in [-0.39, 0.29) is 29.4 Å². The molecule has 0 atom stereocenters. The minimum Gasteiger partial charge on any atom is -0.457 e. The highest BCUT2D eigenvalue weighted by molar-refractivity contribution is 5.89. The molecule has 0 unspecified atom stereocenters. The van der Waals surface area contributed by atoms with Gasteiger partial charge < -0.3 is 9.47 Å². The van der Waals surface area contributed by atoms with Crippen molar-refractivity contribution < 1.29 is 29.0 Å². The van der Waals surface area contributed by atoms with Gasteiger partial charge in [0.2, 0.25) is 5.75 Å². The van der Waals surface area contributed by atoms with Crippen molar-refractivity contribution in [2.45, 2.75) is 6.61 Å². The number of carbonyl (C=O) groups is 1. The molecule has 0 aliphatic heterocycles. The van der Waals surface area contributed by atoms with Crippen LogP contribution in [0.2, 0.25) is 0 Å². The summed E-state index contributed by atoms with van der Waals surface area (Å²) in [5, 5.41) is 32.7. The van der Waals surface area contributed by atoms with Crippen LogP contribution in [-0.4, -0.2) is 20.7 Å². The maximum atomic E-state index is 12.3. The molecule has 0 radical (unpaired) electrons. The van der Waals surface area contributed by atoms with Crippen molar-refractivity contribution in [3.63, 3.8) is 0 Å². The van der Waals surface area contributed by atoms with Crippen LogP contribution < -0.4 is 4.74 Å². The van der Waals surface area contributed by atoms with E-state index >= 15 is 0 Å². The number of esters is 1. The number of non-ortho nitro benzene ring substituents is 2. The topological polar surface area (TPSA) is 165 Å². The van der Waals surface area contributed by atoms with Crippen LogP contribution in [0.15, 0.2) is 66.7 Å². The molecular formula is C20H13N3O9. The number of rotatable bonds is 8. The van der Waals surface area contributed by atoms with Crippen LogP contribution in [0.5, 0.6) is 11.5 Å². The lowest BCUT2D eigenvalue weighted by molar-refractivity contribution is -0.394. The molecule has 0 aliphatic carbocycles. The second-order valence-electron chi connectivity index (χ2n) is 6.30. The van der Waals surface area contributed by atoms with Gasteiger partial charge in [-0.3, -0.25) is 30.3 Å². The van der Waals surface area contributed by atoms with Crippen LogP contribution in [-0.2, 0) is 11.3 Å². The van der Waals surface area contributed by atoms with Crippen molar-refractivity contribution in [1.82, 2.24) is 0 Å². The van der Waals surface area contributed by atoms with Crippen LogP contribution in [0.3, 0.4) is 0 Å². The molecule has 12 nitrogen and oxygen atoms in total. The predicted molar refractivity (Wildman–Crippen MR) is 108 cm³/mol. The van der Waals surface area contributed by atoms with Crippen LogP contribution in [0, 0.1) is 30.3 Å². The zero-order valence-corrected chi connectivity index (χ0v) is 16.1. The van der Waals surface area contributed by atoms with Crippen molar-refractivity contribution in [1.29, 1.82) is 0 Å². The van der Waals surface area contributed by atoms with Crippen LogP contribution in [0.1, 0.15) is 15.9 Å². The standard InChI is InChI=1S/C20H13N3O9/c24-20(31-12-13-4-6-15(7-5-13)21(25)26)14-2-1-3-17(10-14)32-19-9-8-16(22(27)28)11-18(19)23(29)30/h1-11H,12H2. The highest BCUT2D eigenvalue weighted by Gasteiger charge is 2.21. The van der Waals surface area contributed by atoms with E-state index in [1.165, 1.54) is 48.5 Å². The van der Waals surface area contributed by atoms with Gasteiger partial charge in [-0.25, -0.2) is 4.79 Å². The molecule has 0 amide bonds. The van der Waals surface area contributed by atoms with Crippen molar-refractivity contribution >= 4 is 23.0 Å². The van der Waals surface area contributed by atoms with E-state index in [1.807, 2.05) is 0 Å². The quantitative estimate of drug-likeness (QED) is 0.278. The normalized spacial score (nSPS) is 10.2. The summed E-state index contributed by atoms with van der Waals surface area (Å²) in [6, 6.07) is 14.1. The van der Waals surface area contributed by atoms with Gasteiger partial charge in [0.1, 0.15) is 12.4 Å². The Morgan fingerprint density at radius 3 is 2.06 bits per heavy atom. The number of hydrogen-bond donors (Lipinski definition) is 0. The molecule has 0 bridgehead atoms. The number of nitro benzene ring substituents is 3. The van der Waals surface area contributed by atoms with E-state index in [0.29, 0.717) is 5.56 Å². The van der Waals surface area contributed by atoms with Crippen LogP contribution in [0.4, 0.5) is 17.1 Å². The fourth-order valence-corrected chi connectivity index (χ4v) is 2.61. The van der Waals surface area contributed by atoms with Crippen molar-refractivity contribution in [2.24, 2.45) is 0 Å². The first kappa shape index (κ1) is 21.8. The first-order valence-electron chi connectivity index (χ1n) is 8.86. The number of ether oxygens (including phenoxy) is 2. The molecule has 0 aliphatic rings. The lowest BCUT2D eigenvalue weighted by atomic mass is 10.2. The summed E-state index contributed by atoms with van der Waals surface area (Å²) in [6.45, 7) is -0.129. The molecule has 0 spiro atoms. The molecule has 3 rings (SSSR count). The Hall–Kier alpha value is -4.87. The highest BCUT2D eigenvalue weighted by Crippen LogP contribution is 2.34. The second kappa shape index (κ2) is 9.30. The lowest BCUT2D eigenvalue weighted by Gasteiger charge is -2.09. The van der Waals surface area contributed by atoms with Crippen LogP contribution in [0.25, 0.3) is 0 Å². The molecule has 3 aromatic carbocycles. The maximum absolute atomic E-state index is 12.3. The summed E-state index contributed by atoms with van der Waals surface area (Å²) < 4.78 is 10.6. The zero-order valence-electron chi connectivity index (χ0n) is 16.1. The number of nitro groups is 3. The Kier molecular flexibility index (Phi) is 6.34. The third-order valence-corrected chi connectivity index (χ3v) is 4.16. The number of nitrogens with zero attached hydrogens (tertiary/aromatic N) is 3. The first-order valence-corrected chi connectivity index (χ1v) is 8.86. The third kappa shape index (κ3) is 5.18. The van der Waals surface area contributed by atoms with Gasteiger partial charge in [0.15, 0.2) is 0 Å². The van der Waals surface area contributed by atoms with Gasteiger partial charge in [0, 0.05) is 18.2 Å².